The number of alkyl halides is 2. The monoisotopic (exact) mass is 237 g/mol. The topological polar surface area (TPSA) is 3.24 Å². The van der Waals surface area contributed by atoms with Crippen LogP contribution in [-0.4, -0.2) is 22.6 Å². The van der Waals surface area contributed by atoms with Crippen LogP contribution in [0.1, 0.15) is 40.0 Å². The van der Waals surface area contributed by atoms with Crippen LogP contribution in [0.4, 0.5) is 8.78 Å². The third-order valence-electron chi connectivity index (χ3n) is 2.99. The van der Waals surface area contributed by atoms with E-state index in [2.05, 4.69) is 13.8 Å². The van der Waals surface area contributed by atoms with Gasteiger partial charge >= 0.3 is 5.25 Å². The average Bonchev–Trinajstić information content (AvgIpc) is 2.07. The molecule has 2 atom stereocenters. The van der Waals surface area contributed by atoms with E-state index >= 15 is 0 Å². The minimum Gasteiger partial charge on any atom is -0.245 e. The Bertz CT molecular complexity index is 194. The summed E-state index contributed by atoms with van der Waals surface area (Å²) in [6.45, 7) is 6.96. The van der Waals surface area contributed by atoms with E-state index in [1.54, 1.807) is 0 Å². The van der Waals surface area contributed by atoms with Crippen molar-refractivity contribution in [2.75, 3.05) is 13.1 Å². The van der Waals surface area contributed by atoms with Crippen molar-refractivity contribution in [2.45, 2.75) is 45.3 Å². The lowest BCUT2D eigenvalue weighted by Crippen LogP contribution is -2.37. The molecule has 0 aromatic rings. The van der Waals surface area contributed by atoms with Gasteiger partial charge in [-0.3, -0.25) is 0 Å². The fourth-order valence-corrected chi connectivity index (χ4v) is 3.22. The Balaban J connectivity index is 2.37. The number of halogens is 2. The van der Waals surface area contributed by atoms with E-state index in [4.69, 9.17) is 0 Å². The molecule has 1 saturated heterocycles. The molecule has 1 aliphatic heterocycles. The minimum absolute atomic E-state index is 0.550. The molecule has 0 aromatic carbocycles. The molecule has 0 bridgehead atoms. The van der Waals surface area contributed by atoms with Gasteiger partial charge in [-0.2, -0.15) is 8.78 Å². The smallest absolute Gasteiger partial charge is 0.245 e. The SMILES string of the molecule is CCCC1CCN(SC(C)(F)F)CC1C. The van der Waals surface area contributed by atoms with Gasteiger partial charge in [0.1, 0.15) is 0 Å². The zero-order chi connectivity index (χ0) is 11.5. The summed E-state index contributed by atoms with van der Waals surface area (Å²) in [6, 6.07) is 0. The van der Waals surface area contributed by atoms with Crippen molar-refractivity contribution in [3.05, 3.63) is 0 Å². The molecular weight excluding hydrogens is 216 g/mol. The predicted octanol–water partition coefficient (Wildman–Crippen LogP) is 4.01. The van der Waals surface area contributed by atoms with Crippen molar-refractivity contribution in [1.82, 2.24) is 4.31 Å². The third-order valence-corrected chi connectivity index (χ3v) is 3.90. The van der Waals surface area contributed by atoms with Crippen LogP contribution in [0.2, 0.25) is 0 Å². The number of rotatable bonds is 4. The van der Waals surface area contributed by atoms with Crippen molar-refractivity contribution < 1.29 is 8.78 Å². The van der Waals surface area contributed by atoms with Crippen molar-refractivity contribution in [3.8, 4) is 0 Å². The maximum Gasteiger partial charge on any atom is 0.304 e. The number of piperidine rings is 1. The molecule has 2 unspecified atom stereocenters. The lowest BCUT2D eigenvalue weighted by molar-refractivity contribution is 0.116. The van der Waals surface area contributed by atoms with E-state index in [0.717, 1.165) is 32.4 Å². The fourth-order valence-electron chi connectivity index (χ4n) is 2.27. The van der Waals surface area contributed by atoms with Crippen molar-refractivity contribution in [1.29, 1.82) is 0 Å². The van der Waals surface area contributed by atoms with E-state index in [1.165, 1.54) is 12.8 Å². The molecule has 0 radical (unpaired) electrons. The number of hydrogen-bond donors (Lipinski definition) is 0. The van der Waals surface area contributed by atoms with Crippen LogP contribution < -0.4 is 0 Å². The molecule has 0 N–H and O–H groups in total. The minimum atomic E-state index is -2.63. The molecule has 1 nitrogen and oxygen atoms in total. The molecule has 1 rings (SSSR count). The molecule has 0 aromatic heterocycles. The van der Waals surface area contributed by atoms with Crippen LogP contribution in [0.3, 0.4) is 0 Å². The second-order valence-corrected chi connectivity index (χ2v) is 6.02. The summed E-state index contributed by atoms with van der Waals surface area (Å²) in [5.74, 6) is 1.28. The molecule has 15 heavy (non-hydrogen) atoms. The summed E-state index contributed by atoms with van der Waals surface area (Å²) in [5.41, 5.74) is 0. The average molecular weight is 237 g/mol. The van der Waals surface area contributed by atoms with Crippen LogP contribution >= 0.6 is 11.9 Å². The summed E-state index contributed by atoms with van der Waals surface area (Å²) >= 11 is 0.702. The first kappa shape index (κ1) is 13.2. The van der Waals surface area contributed by atoms with Gasteiger partial charge in [0, 0.05) is 20.0 Å². The van der Waals surface area contributed by atoms with Gasteiger partial charge in [-0.1, -0.05) is 26.7 Å². The summed E-state index contributed by atoms with van der Waals surface area (Å²) in [4.78, 5) is 0. The van der Waals surface area contributed by atoms with Crippen LogP contribution in [-0.2, 0) is 0 Å². The Morgan fingerprint density at radius 3 is 2.60 bits per heavy atom. The molecule has 1 fully saturated rings. The first-order valence-corrected chi connectivity index (χ1v) is 6.51. The molecule has 90 valence electrons. The molecule has 0 spiro atoms. The zero-order valence-corrected chi connectivity index (χ0v) is 10.6. The van der Waals surface area contributed by atoms with Gasteiger partial charge in [0.25, 0.3) is 0 Å². The van der Waals surface area contributed by atoms with E-state index in [9.17, 15) is 8.78 Å². The van der Waals surface area contributed by atoms with Gasteiger partial charge in [-0.05, 0) is 30.2 Å². The highest BCUT2D eigenvalue weighted by molar-refractivity contribution is 7.98. The highest BCUT2D eigenvalue weighted by Gasteiger charge is 2.32. The standard InChI is InChI=1S/C11H21F2NS/c1-4-5-10-6-7-14(8-9(10)2)15-11(3,12)13/h9-10H,4-8H2,1-3H3. The summed E-state index contributed by atoms with van der Waals surface area (Å²) < 4.78 is 27.4. The Morgan fingerprint density at radius 2 is 2.13 bits per heavy atom. The fraction of sp³-hybridized carbons (Fsp3) is 1.00. The summed E-state index contributed by atoms with van der Waals surface area (Å²) in [7, 11) is 0. The largest absolute Gasteiger partial charge is 0.304 e. The maximum absolute atomic E-state index is 12.8. The Labute approximate surface area is 95.7 Å². The Kier molecular flexibility index (Phi) is 4.84. The van der Waals surface area contributed by atoms with Gasteiger partial charge in [0.2, 0.25) is 0 Å². The molecule has 0 aliphatic carbocycles. The lowest BCUT2D eigenvalue weighted by atomic mass is 9.85. The zero-order valence-electron chi connectivity index (χ0n) is 9.80. The molecular formula is C11H21F2NS. The van der Waals surface area contributed by atoms with Crippen LogP contribution in [0.25, 0.3) is 0 Å². The van der Waals surface area contributed by atoms with Gasteiger partial charge in [-0.25, -0.2) is 4.31 Å². The second-order valence-electron chi connectivity index (χ2n) is 4.60. The first-order chi connectivity index (χ1) is 6.92. The third kappa shape index (κ3) is 4.68. The summed E-state index contributed by atoms with van der Waals surface area (Å²) in [5, 5.41) is -2.63. The van der Waals surface area contributed by atoms with Crippen LogP contribution in [0.5, 0.6) is 0 Å². The van der Waals surface area contributed by atoms with Gasteiger partial charge in [0.05, 0.1) is 0 Å². The Morgan fingerprint density at radius 1 is 1.47 bits per heavy atom. The highest BCUT2D eigenvalue weighted by atomic mass is 32.2. The molecule has 1 aliphatic rings. The van der Waals surface area contributed by atoms with Crippen molar-refractivity contribution in [2.24, 2.45) is 11.8 Å². The number of hydrogen-bond acceptors (Lipinski definition) is 2. The van der Waals surface area contributed by atoms with E-state index < -0.39 is 5.25 Å². The molecule has 1 heterocycles. The molecule has 0 amide bonds. The molecule has 4 heteroatoms. The van der Waals surface area contributed by atoms with Gasteiger partial charge in [0.15, 0.2) is 0 Å². The summed E-state index contributed by atoms with van der Waals surface area (Å²) in [6.07, 6.45) is 3.51. The van der Waals surface area contributed by atoms with Gasteiger partial charge in [-0.15, -0.1) is 0 Å². The van der Waals surface area contributed by atoms with E-state index in [1.807, 2.05) is 4.31 Å². The second kappa shape index (κ2) is 5.48. The van der Waals surface area contributed by atoms with Crippen LogP contribution in [0.15, 0.2) is 0 Å². The predicted molar refractivity (Wildman–Crippen MR) is 62.0 cm³/mol. The van der Waals surface area contributed by atoms with Gasteiger partial charge < -0.3 is 0 Å². The maximum atomic E-state index is 12.8. The highest BCUT2D eigenvalue weighted by Crippen LogP contribution is 2.36. The lowest BCUT2D eigenvalue weighted by Gasteiger charge is -2.36. The normalized spacial score (nSPS) is 29.4. The van der Waals surface area contributed by atoms with Crippen LogP contribution in [0, 0.1) is 11.8 Å². The number of nitrogens with zero attached hydrogens (tertiary/aromatic N) is 1. The quantitative estimate of drug-likeness (QED) is 0.680. The Hall–Kier alpha value is 0.170. The van der Waals surface area contributed by atoms with E-state index in [-0.39, 0.29) is 0 Å². The first-order valence-electron chi connectivity index (χ1n) is 5.74. The van der Waals surface area contributed by atoms with E-state index in [0.29, 0.717) is 17.9 Å². The van der Waals surface area contributed by atoms with Crippen molar-refractivity contribution in [3.63, 3.8) is 0 Å². The molecule has 0 saturated carbocycles. The van der Waals surface area contributed by atoms with Crippen molar-refractivity contribution >= 4 is 11.9 Å².